The van der Waals surface area contributed by atoms with Crippen molar-refractivity contribution in [1.82, 2.24) is 19.8 Å². The van der Waals surface area contributed by atoms with Gasteiger partial charge in [0.15, 0.2) is 6.29 Å². The van der Waals surface area contributed by atoms with Gasteiger partial charge in [-0.1, -0.05) is 97.8 Å². The molecular formula is C45H52N4O7. The first-order chi connectivity index (χ1) is 27.3. The van der Waals surface area contributed by atoms with Gasteiger partial charge in [-0.2, -0.15) is 0 Å². The average molecular weight is 761 g/mol. The minimum Gasteiger partial charge on any atom is -0.481 e. The number of unbranched alkanes of at least 4 members (excludes halogenated alkanes) is 3. The monoisotopic (exact) mass is 760 g/mol. The van der Waals surface area contributed by atoms with Gasteiger partial charge in [-0.05, 0) is 65.6 Å². The van der Waals surface area contributed by atoms with Crippen molar-refractivity contribution < 1.29 is 29.3 Å². The van der Waals surface area contributed by atoms with Crippen molar-refractivity contribution in [2.24, 2.45) is 0 Å². The number of ether oxygens (including phenoxy) is 2. The number of hydrogen-bond donors (Lipinski definition) is 4. The van der Waals surface area contributed by atoms with Crippen LogP contribution in [0.2, 0.25) is 0 Å². The van der Waals surface area contributed by atoms with Crippen LogP contribution < -0.4 is 11.0 Å². The van der Waals surface area contributed by atoms with Gasteiger partial charge in [0.25, 0.3) is 0 Å². The molecule has 1 amide bonds. The van der Waals surface area contributed by atoms with Gasteiger partial charge < -0.3 is 34.9 Å². The summed E-state index contributed by atoms with van der Waals surface area (Å²) in [5, 5.41) is 21.5. The molecule has 0 saturated carbocycles. The number of nitrogens with zero attached hydrogens (tertiary/aromatic N) is 2. The Hall–Kier alpha value is -5.07. The zero-order chi connectivity index (χ0) is 38.9. The van der Waals surface area contributed by atoms with E-state index in [0.29, 0.717) is 25.8 Å². The van der Waals surface area contributed by atoms with Crippen LogP contribution >= 0.6 is 0 Å². The number of hydrogen-bond acceptors (Lipinski definition) is 7. The van der Waals surface area contributed by atoms with Crippen LogP contribution in [0.15, 0.2) is 102 Å². The van der Waals surface area contributed by atoms with Crippen LogP contribution in [0.25, 0.3) is 22.2 Å². The number of H-pyrrole nitrogens is 1. The van der Waals surface area contributed by atoms with E-state index in [2.05, 4.69) is 45.5 Å². The normalized spacial score (nSPS) is 19.3. The quantitative estimate of drug-likeness (QED) is 0.0761. The second-order valence-electron chi connectivity index (χ2n) is 15.1. The van der Waals surface area contributed by atoms with Crippen LogP contribution in [0.1, 0.15) is 98.5 Å². The molecule has 11 heteroatoms. The molecule has 2 aliphatic rings. The first kappa shape index (κ1) is 39.2. The van der Waals surface area contributed by atoms with E-state index in [0.717, 1.165) is 96.2 Å². The lowest BCUT2D eigenvalue weighted by atomic mass is 9.97. The van der Waals surface area contributed by atoms with Crippen molar-refractivity contribution in [2.75, 3.05) is 19.6 Å². The van der Waals surface area contributed by atoms with Gasteiger partial charge in [-0.25, -0.2) is 4.79 Å². The number of carbonyl (C=O) groups excluding carboxylic acids is 1. The lowest BCUT2D eigenvalue weighted by molar-refractivity contribution is -0.253. The molecule has 0 bridgehead atoms. The van der Waals surface area contributed by atoms with Crippen molar-refractivity contribution in [1.29, 1.82) is 0 Å². The molecule has 0 spiro atoms. The highest BCUT2D eigenvalue weighted by molar-refractivity contribution is 5.77. The summed E-state index contributed by atoms with van der Waals surface area (Å²) >= 11 is 0. The number of carbonyl (C=O) groups is 2. The van der Waals surface area contributed by atoms with E-state index in [1.54, 1.807) is 0 Å². The first-order valence-corrected chi connectivity index (χ1v) is 19.9. The second kappa shape index (κ2) is 18.7. The van der Waals surface area contributed by atoms with Crippen molar-refractivity contribution in [3.8, 4) is 11.1 Å². The molecule has 3 atom stereocenters. The Kier molecular flexibility index (Phi) is 13.1. The van der Waals surface area contributed by atoms with Crippen molar-refractivity contribution >= 4 is 22.9 Å². The maximum absolute atomic E-state index is 12.9. The summed E-state index contributed by atoms with van der Waals surface area (Å²) in [6.07, 6.45) is 5.21. The minimum absolute atomic E-state index is 0.00997. The number of aromatic nitrogens is 2. The third-order valence-electron chi connectivity index (χ3n) is 11.2. The van der Waals surface area contributed by atoms with Crippen molar-refractivity contribution in [3.63, 3.8) is 0 Å². The Morgan fingerprint density at radius 1 is 0.804 bits per heavy atom. The number of aliphatic hydroxyl groups is 1. The molecule has 3 unspecified atom stereocenters. The summed E-state index contributed by atoms with van der Waals surface area (Å²) in [4.78, 5) is 41.6. The largest absolute Gasteiger partial charge is 0.481 e. The fraction of sp³-hybridized carbons (Fsp3) is 0.400. The number of aromatic amines is 1. The number of likely N-dealkylation sites (tertiary alicyclic amines) is 1. The van der Waals surface area contributed by atoms with Gasteiger partial charge in [-0.15, -0.1) is 0 Å². The summed E-state index contributed by atoms with van der Waals surface area (Å²) in [5.74, 6) is -0.790. The first-order valence-electron chi connectivity index (χ1n) is 19.9. The molecule has 7 rings (SSSR count). The highest BCUT2D eigenvalue weighted by Gasteiger charge is 2.34. The van der Waals surface area contributed by atoms with Gasteiger partial charge in [0, 0.05) is 57.0 Å². The SMILES string of the molecule is O=C(O)CCCCCCC(=O)NCc1ccccc1-c1ccc(C2OC(CN3CCC(n4c(=O)[nH]c5ccccc54)CC3)CC(c3ccc(CO)cc3)O2)cc1. The number of fused-ring (bicyclic) bond motifs is 1. The maximum atomic E-state index is 12.9. The van der Waals surface area contributed by atoms with E-state index in [4.69, 9.17) is 14.6 Å². The van der Waals surface area contributed by atoms with Crippen LogP contribution in [-0.4, -0.2) is 62.3 Å². The predicted octanol–water partition coefficient (Wildman–Crippen LogP) is 7.41. The van der Waals surface area contributed by atoms with Crippen LogP contribution in [0, 0.1) is 0 Å². The number of piperidine rings is 1. The molecule has 3 heterocycles. The summed E-state index contributed by atoms with van der Waals surface area (Å²) < 4.78 is 15.3. The van der Waals surface area contributed by atoms with E-state index in [1.807, 2.05) is 71.3 Å². The number of nitrogens with one attached hydrogen (secondary N) is 2. The van der Waals surface area contributed by atoms with Crippen molar-refractivity contribution in [3.05, 3.63) is 130 Å². The molecule has 0 aliphatic carbocycles. The number of benzene rings is 4. The van der Waals surface area contributed by atoms with E-state index < -0.39 is 12.3 Å². The van der Waals surface area contributed by atoms with Gasteiger partial charge in [0.2, 0.25) is 5.91 Å². The smallest absolute Gasteiger partial charge is 0.326 e. The number of aliphatic carboxylic acids is 1. The van der Waals surface area contributed by atoms with Crippen LogP contribution in [0.4, 0.5) is 0 Å². The summed E-state index contributed by atoms with van der Waals surface area (Å²) in [7, 11) is 0. The number of carboxylic acids is 1. The Labute approximate surface area is 327 Å². The number of amides is 1. The van der Waals surface area contributed by atoms with Crippen LogP contribution in [0.5, 0.6) is 0 Å². The third kappa shape index (κ3) is 9.83. The molecule has 4 aromatic carbocycles. The highest BCUT2D eigenvalue weighted by atomic mass is 16.7. The number of carboxylic acid groups (broad SMARTS) is 1. The topological polar surface area (TPSA) is 146 Å². The molecule has 5 aromatic rings. The Morgan fingerprint density at radius 3 is 2.25 bits per heavy atom. The fourth-order valence-corrected chi connectivity index (χ4v) is 8.09. The van der Waals surface area contributed by atoms with E-state index >= 15 is 0 Å². The Bertz CT molecular complexity index is 2120. The summed E-state index contributed by atoms with van der Waals surface area (Å²) in [5.41, 5.74) is 7.68. The van der Waals surface area contributed by atoms with Crippen molar-refractivity contribution in [2.45, 2.75) is 95.5 Å². The van der Waals surface area contributed by atoms with Gasteiger partial charge in [-0.3, -0.25) is 14.2 Å². The lowest BCUT2D eigenvalue weighted by Crippen LogP contribution is -2.43. The average Bonchev–Trinajstić information content (AvgIpc) is 3.57. The summed E-state index contributed by atoms with van der Waals surface area (Å²) in [6, 6.07) is 32.3. The minimum atomic E-state index is -0.780. The van der Waals surface area contributed by atoms with E-state index in [9.17, 15) is 19.5 Å². The lowest BCUT2D eigenvalue weighted by Gasteiger charge is -2.40. The molecular weight excluding hydrogens is 709 g/mol. The molecule has 2 aliphatic heterocycles. The number of imidazole rings is 1. The third-order valence-corrected chi connectivity index (χ3v) is 11.2. The number of aliphatic hydroxyl groups excluding tert-OH is 1. The van der Waals surface area contributed by atoms with E-state index in [-0.39, 0.29) is 42.9 Å². The zero-order valence-electron chi connectivity index (χ0n) is 31.8. The standard InChI is InChI=1S/C45H52N4O7/c50-30-31-15-17-33(18-16-31)41-27-37(29-48-25-23-36(24-26-48)49-40-12-8-7-11-39(40)47-45(49)54)55-44(56-41)34-21-19-32(20-22-34)38-10-6-5-9-35(38)28-46-42(51)13-3-1-2-4-14-43(52)53/h5-12,15-22,36-37,41,44,50H,1-4,13-14,23-30H2,(H,46,51)(H,47,54)(H,52,53). The predicted molar refractivity (Wildman–Crippen MR) is 215 cm³/mol. The fourth-order valence-electron chi connectivity index (χ4n) is 8.09. The Balaban J connectivity index is 0.996. The molecule has 4 N–H and O–H groups in total. The molecule has 11 nitrogen and oxygen atoms in total. The molecule has 294 valence electrons. The maximum Gasteiger partial charge on any atom is 0.326 e. The zero-order valence-corrected chi connectivity index (χ0v) is 31.8. The molecule has 0 radical (unpaired) electrons. The molecule has 2 fully saturated rings. The Morgan fingerprint density at radius 2 is 1.50 bits per heavy atom. The number of para-hydroxylation sites is 2. The number of rotatable bonds is 16. The summed E-state index contributed by atoms with van der Waals surface area (Å²) in [6.45, 7) is 2.88. The van der Waals surface area contributed by atoms with Gasteiger partial charge in [0.05, 0.1) is 29.8 Å². The van der Waals surface area contributed by atoms with E-state index in [1.165, 1.54) is 0 Å². The van der Waals surface area contributed by atoms with Gasteiger partial charge in [0.1, 0.15) is 0 Å². The molecule has 56 heavy (non-hydrogen) atoms. The highest BCUT2D eigenvalue weighted by Crippen LogP contribution is 2.39. The molecule has 1 aromatic heterocycles. The second-order valence-corrected chi connectivity index (χ2v) is 15.1. The van der Waals surface area contributed by atoms with Gasteiger partial charge >= 0.3 is 11.7 Å². The van der Waals surface area contributed by atoms with Crippen LogP contribution in [0.3, 0.4) is 0 Å². The van der Waals surface area contributed by atoms with Crippen LogP contribution in [-0.2, 0) is 32.2 Å². The molecule has 2 saturated heterocycles.